The summed E-state index contributed by atoms with van der Waals surface area (Å²) in [6.45, 7) is -0.255. The summed E-state index contributed by atoms with van der Waals surface area (Å²) < 4.78 is 4.86. The van der Waals surface area contributed by atoms with Crippen molar-refractivity contribution in [3.8, 4) is 0 Å². The topological polar surface area (TPSA) is 104 Å². The van der Waals surface area contributed by atoms with Crippen LogP contribution in [-0.4, -0.2) is 47.1 Å². The minimum atomic E-state index is -0.764. The second kappa shape index (κ2) is 12.9. The van der Waals surface area contributed by atoms with Crippen molar-refractivity contribution in [2.75, 3.05) is 19.8 Å². The Morgan fingerprint density at radius 3 is 2.15 bits per heavy atom. The van der Waals surface area contributed by atoms with E-state index in [9.17, 15) is 9.59 Å². The fraction of sp³-hybridized carbons (Fsp3) is 0.857. The molecule has 0 aromatic rings. The maximum Gasteiger partial charge on any atom is 0.309 e. The third-order valence-electron chi connectivity index (χ3n) is 3.09. The number of ether oxygens (including phenoxy) is 1. The van der Waals surface area contributed by atoms with Crippen molar-refractivity contribution in [3.05, 3.63) is 0 Å². The third kappa shape index (κ3) is 10.8. The van der Waals surface area contributed by atoms with Gasteiger partial charge >= 0.3 is 11.9 Å². The van der Waals surface area contributed by atoms with E-state index in [2.05, 4.69) is 0 Å². The first-order valence-corrected chi connectivity index (χ1v) is 7.22. The molecule has 0 fully saturated rings. The van der Waals surface area contributed by atoms with E-state index in [1.807, 2.05) is 0 Å². The molecule has 0 aliphatic carbocycles. The quantitative estimate of drug-likeness (QED) is 0.349. The van der Waals surface area contributed by atoms with Crippen molar-refractivity contribution in [3.63, 3.8) is 0 Å². The van der Waals surface area contributed by atoms with E-state index in [4.69, 9.17) is 20.1 Å². The monoisotopic (exact) mass is 290 g/mol. The van der Waals surface area contributed by atoms with E-state index in [0.717, 1.165) is 25.7 Å². The smallest absolute Gasteiger partial charge is 0.309 e. The third-order valence-corrected chi connectivity index (χ3v) is 3.09. The second-order valence-corrected chi connectivity index (χ2v) is 4.80. The first-order chi connectivity index (χ1) is 9.61. The molecule has 1 atom stereocenters. The SMILES string of the molecule is O=C(O)CCCCCCCC(CCO)C(=O)OCCO. The maximum absolute atomic E-state index is 11.6. The number of aliphatic carboxylic acids is 1. The van der Waals surface area contributed by atoms with Crippen LogP contribution in [-0.2, 0) is 14.3 Å². The molecular weight excluding hydrogens is 264 g/mol. The zero-order chi connectivity index (χ0) is 15.2. The number of carbonyl (C=O) groups excluding carboxylic acids is 1. The van der Waals surface area contributed by atoms with Crippen LogP contribution in [0.3, 0.4) is 0 Å². The Balaban J connectivity index is 3.69. The van der Waals surface area contributed by atoms with Crippen molar-refractivity contribution in [1.29, 1.82) is 0 Å². The molecule has 0 heterocycles. The van der Waals surface area contributed by atoms with Crippen LogP contribution in [0.4, 0.5) is 0 Å². The van der Waals surface area contributed by atoms with Gasteiger partial charge < -0.3 is 20.1 Å². The van der Waals surface area contributed by atoms with Gasteiger partial charge in [-0.25, -0.2) is 0 Å². The minimum Gasteiger partial charge on any atom is -0.481 e. The number of hydrogen-bond acceptors (Lipinski definition) is 5. The molecule has 0 aliphatic heterocycles. The summed E-state index contributed by atoms with van der Waals surface area (Å²) in [5.41, 5.74) is 0. The van der Waals surface area contributed by atoms with Gasteiger partial charge in [0.25, 0.3) is 0 Å². The van der Waals surface area contributed by atoms with Gasteiger partial charge in [0.15, 0.2) is 0 Å². The zero-order valence-electron chi connectivity index (χ0n) is 11.9. The van der Waals surface area contributed by atoms with Crippen LogP contribution in [0.5, 0.6) is 0 Å². The molecule has 118 valence electrons. The Hall–Kier alpha value is -1.14. The second-order valence-electron chi connectivity index (χ2n) is 4.80. The number of carboxylic acid groups (broad SMARTS) is 1. The number of hydrogen-bond donors (Lipinski definition) is 3. The van der Waals surface area contributed by atoms with E-state index in [0.29, 0.717) is 19.3 Å². The average molecular weight is 290 g/mol. The maximum atomic E-state index is 11.6. The summed E-state index contributed by atoms with van der Waals surface area (Å²) >= 11 is 0. The summed E-state index contributed by atoms with van der Waals surface area (Å²) in [4.78, 5) is 21.9. The van der Waals surface area contributed by atoms with Crippen molar-refractivity contribution in [2.24, 2.45) is 5.92 Å². The molecule has 0 rings (SSSR count). The van der Waals surface area contributed by atoms with Gasteiger partial charge in [-0.2, -0.15) is 0 Å². The van der Waals surface area contributed by atoms with Crippen molar-refractivity contribution >= 4 is 11.9 Å². The van der Waals surface area contributed by atoms with Crippen LogP contribution in [0.25, 0.3) is 0 Å². The van der Waals surface area contributed by atoms with Crippen molar-refractivity contribution < 1.29 is 29.6 Å². The van der Waals surface area contributed by atoms with Gasteiger partial charge in [0, 0.05) is 13.0 Å². The fourth-order valence-electron chi connectivity index (χ4n) is 2.00. The van der Waals surface area contributed by atoms with E-state index in [1.165, 1.54) is 0 Å². The van der Waals surface area contributed by atoms with E-state index in [1.54, 1.807) is 0 Å². The Kier molecular flexibility index (Phi) is 12.1. The number of rotatable bonds is 13. The van der Waals surface area contributed by atoms with Gasteiger partial charge in [-0.3, -0.25) is 9.59 Å². The molecule has 0 saturated heterocycles. The Bertz CT molecular complexity index is 266. The van der Waals surface area contributed by atoms with Gasteiger partial charge in [0.2, 0.25) is 0 Å². The molecule has 20 heavy (non-hydrogen) atoms. The van der Waals surface area contributed by atoms with Gasteiger partial charge in [-0.1, -0.05) is 25.7 Å². The summed E-state index contributed by atoms with van der Waals surface area (Å²) in [6, 6.07) is 0. The van der Waals surface area contributed by atoms with Crippen LogP contribution in [0, 0.1) is 5.92 Å². The molecule has 1 unspecified atom stereocenters. The lowest BCUT2D eigenvalue weighted by Gasteiger charge is -2.14. The minimum absolute atomic E-state index is 0.00402. The van der Waals surface area contributed by atoms with Crippen molar-refractivity contribution in [2.45, 2.75) is 51.4 Å². The summed E-state index contributed by atoms with van der Waals surface area (Å²) in [5.74, 6) is -1.44. The largest absolute Gasteiger partial charge is 0.481 e. The molecule has 0 radical (unpaired) electrons. The molecule has 6 heteroatoms. The molecular formula is C14H26O6. The highest BCUT2D eigenvalue weighted by Crippen LogP contribution is 2.16. The molecule has 6 nitrogen and oxygen atoms in total. The van der Waals surface area contributed by atoms with Crippen LogP contribution in [0.1, 0.15) is 51.4 Å². The Morgan fingerprint density at radius 2 is 1.55 bits per heavy atom. The first-order valence-electron chi connectivity index (χ1n) is 7.22. The first kappa shape index (κ1) is 18.9. The number of unbranched alkanes of at least 4 members (excludes halogenated alkanes) is 4. The number of aliphatic hydroxyl groups is 2. The molecule has 0 aromatic carbocycles. The number of carbonyl (C=O) groups is 2. The van der Waals surface area contributed by atoms with E-state index in [-0.39, 0.29) is 38.1 Å². The zero-order valence-corrected chi connectivity index (χ0v) is 11.9. The molecule has 0 amide bonds. The lowest BCUT2D eigenvalue weighted by atomic mass is 9.97. The van der Waals surface area contributed by atoms with Gasteiger partial charge in [-0.05, 0) is 19.3 Å². The van der Waals surface area contributed by atoms with Crippen LogP contribution in [0.15, 0.2) is 0 Å². The predicted octanol–water partition coefficient (Wildman–Crippen LogP) is 1.34. The fourth-order valence-corrected chi connectivity index (χ4v) is 2.00. The molecule has 3 N–H and O–H groups in total. The number of carboxylic acids is 1. The molecule has 0 aromatic heterocycles. The van der Waals surface area contributed by atoms with E-state index >= 15 is 0 Å². The molecule has 0 bridgehead atoms. The lowest BCUT2D eigenvalue weighted by Crippen LogP contribution is -2.20. The average Bonchev–Trinajstić information content (AvgIpc) is 2.42. The molecule has 0 aliphatic rings. The highest BCUT2D eigenvalue weighted by Gasteiger charge is 2.18. The van der Waals surface area contributed by atoms with Gasteiger partial charge in [0.1, 0.15) is 6.61 Å². The van der Waals surface area contributed by atoms with Crippen LogP contribution >= 0.6 is 0 Å². The summed E-state index contributed by atoms with van der Waals surface area (Å²) in [5, 5.41) is 26.0. The van der Waals surface area contributed by atoms with E-state index < -0.39 is 5.97 Å². The van der Waals surface area contributed by atoms with Crippen LogP contribution < -0.4 is 0 Å². The highest BCUT2D eigenvalue weighted by atomic mass is 16.5. The molecule has 0 spiro atoms. The van der Waals surface area contributed by atoms with Crippen LogP contribution in [0.2, 0.25) is 0 Å². The Morgan fingerprint density at radius 1 is 0.900 bits per heavy atom. The Labute approximate surface area is 119 Å². The summed E-state index contributed by atoms with van der Waals surface area (Å²) in [6.07, 6.45) is 5.55. The standard InChI is InChI=1S/C14H26O6/c15-9-8-12(14(19)20-11-10-16)6-4-2-1-3-5-7-13(17)18/h12,15-16H,1-11H2,(H,17,18). The molecule has 0 saturated carbocycles. The summed E-state index contributed by atoms with van der Waals surface area (Å²) in [7, 11) is 0. The predicted molar refractivity (Wildman–Crippen MR) is 73.2 cm³/mol. The van der Waals surface area contributed by atoms with Gasteiger partial charge in [0.05, 0.1) is 12.5 Å². The normalized spacial score (nSPS) is 12.1. The lowest BCUT2D eigenvalue weighted by molar-refractivity contribution is -0.150. The van der Waals surface area contributed by atoms with Crippen molar-refractivity contribution in [1.82, 2.24) is 0 Å². The number of esters is 1. The number of aliphatic hydroxyl groups excluding tert-OH is 2. The highest BCUT2D eigenvalue weighted by molar-refractivity contribution is 5.72. The van der Waals surface area contributed by atoms with Gasteiger partial charge in [-0.15, -0.1) is 0 Å².